The summed E-state index contributed by atoms with van der Waals surface area (Å²) in [5.41, 5.74) is 3.97. The number of aromatic hydroxyl groups is 2. The average Bonchev–Trinajstić information content (AvgIpc) is 2.82. The lowest BCUT2D eigenvalue weighted by Gasteiger charge is -2.31. The minimum absolute atomic E-state index is 0.289. The van der Waals surface area contributed by atoms with Crippen molar-refractivity contribution < 1.29 is 23.4 Å². The highest BCUT2D eigenvalue weighted by atomic mass is 19.4. The highest BCUT2D eigenvalue weighted by Gasteiger charge is 2.31. The second kappa shape index (κ2) is 12.1. The van der Waals surface area contributed by atoms with E-state index in [1.807, 2.05) is 24.3 Å². The molecule has 242 valence electrons. The van der Waals surface area contributed by atoms with Crippen molar-refractivity contribution in [1.29, 1.82) is 0 Å². The van der Waals surface area contributed by atoms with E-state index in [-0.39, 0.29) is 28.2 Å². The molecule has 0 aliphatic rings. The molecule has 3 aromatic rings. The van der Waals surface area contributed by atoms with Gasteiger partial charge < -0.3 is 10.2 Å². The first-order chi connectivity index (χ1) is 19.8. The average molecular weight is 612 g/mol. The zero-order chi connectivity index (χ0) is 33.6. The van der Waals surface area contributed by atoms with E-state index in [9.17, 15) is 23.4 Å². The van der Waals surface area contributed by atoms with Gasteiger partial charge in [-0.15, -0.1) is 0 Å². The van der Waals surface area contributed by atoms with E-state index >= 15 is 0 Å². The number of benzene rings is 3. The summed E-state index contributed by atoms with van der Waals surface area (Å²) in [4.78, 5) is 2.14. The SMILES string of the molecule is CC(C)(C)c1cc(CN(Cc2cccc(C(F)(F)F)c2)Cc2cc(C(C)(C)C)c(O)c(C(C)(C)C)c2)cc(C(C)(C)C)c1O. The molecule has 0 heterocycles. The summed E-state index contributed by atoms with van der Waals surface area (Å²) in [5, 5.41) is 22.6. The maximum Gasteiger partial charge on any atom is 0.416 e. The maximum atomic E-state index is 13.6. The Morgan fingerprint density at radius 1 is 0.500 bits per heavy atom. The third-order valence-electron chi connectivity index (χ3n) is 8.04. The second-order valence-electron chi connectivity index (χ2n) is 16.4. The van der Waals surface area contributed by atoms with Gasteiger partial charge in [0.25, 0.3) is 0 Å². The highest BCUT2D eigenvalue weighted by molar-refractivity contribution is 5.51. The van der Waals surface area contributed by atoms with Crippen LogP contribution in [0.15, 0.2) is 48.5 Å². The molecule has 0 radical (unpaired) electrons. The van der Waals surface area contributed by atoms with Crippen LogP contribution in [0.1, 0.15) is 128 Å². The fourth-order valence-electron chi connectivity index (χ4n) is 5.65. The summed E-state index contributed by atoms with van der Waals surface area (Å²) in [6.45, 7) is 26.0. The van der Waals surface area contributed by atoms with Gasteiger partial charge >= 0.3 is 6.18 Å². The molecule has 0 saturated carbocycles. The molecule has 0 fully saturated rings. The van der Waals surface area contributed by atoms with Crippen LogP contribution in [-0.4, -0.2) is 15.1 Å². The number of phenolic OH excluding ortho intramolecular Hbond substituents is 2. The van der Waals surface area contributed by atoms with Crippen molar-refractivity contribution in [2.45, 2.75) is 131 Å². The van der Waals surface area contributed by atoms with E-state index in [2.05, 4.69) is 88.0 Å². The molecule has 0 spiro atoms. The van der Waals surface area contributed by atoms with Gasteiger partial charge in [-0.05, 0) is 66.7 Å². The van der Waals surface area contributed by atoms with Gasteiger partial charge in [0, 0.05) is 19.6 Å². The zero-order valence-corrected chi connectivity index (χ0v) is 28.7. The normalized spacial score (nSPS) is 13.5. The fourth-order valence-corrected chi connectivity index (χ4v) is 5.65. The van der Waals surface area contributed by atoms with Crippen molar-refractivity contribution >= 4 is 0 Å². The Hall–Kier alpha value is -2.99. The van der Waals surface area contributed by atoms with Gasteiger partial charge in [0.15, 0.2) is 0 Å². The topological polar surface area (TPSA) is 43.7 Å². The van der Waals surface area contributed by atoms with Gasteiger partial charge in [-0.2, -0.15) is 13.2 Å². The number of halogens is 3. The van der Waals surface area contributed by atoms with Crippen LogP contribution >= 0.6 is 0 Å². The fraction of sp³-hybridized carbons (Fsp3) is 0.526. The van der Waals surface area contributed by atoms with Crippen molar-refractivity contribution in [2.24, 2.45) is 0 Å². The molecule has 0 aliphatic heterocycles. The molecule has 0 unspecified atom stereocenters. The first-order valence-electron chi connectivity index (χ1n) is 15.4. The van der Waals surface area contributed by atoms with Gasteiger partial charge in [-0.3, -0.25) is 4.90 Å². The van der Waals surface area contributed by atoms with E-state index < -0.39 is 11.7 Å². The summed E-state index contributed by atoms with van der Waals surface area (Å²) in [6, 6.07) is 13.6. The van der Waals surface area contributed by atoms with Crippen molar-refractivity contribution in [3.8, 4) is 11.5 Å². The molecule has 0 saturated heterocycles. The molecule has 3 rings (SSSR count). The van der Waals surface area contributed by atoms with Crippen molar-refractivity contribution in [2.75, 3.05) is 0 Å². The Labute approximate surface area is 263 Å². The molecular formula is C38H52F3NO2. The quantitative estimate of drug-likeness (QED) is 0.291. The molecular weight excluding hydrogens is 559 g/mol. The lowest BCUT2D eigenvalue weighted by atomic mass is 9.78. The Kier molecular flexibility index (Phi) is 9.74. The van der Waals surface area contributed by atoms with Gasteiger partial charge in [0.2, 0.25) is 0 Å². The maximum absolute atomic E-state index is 13.6. The van der Waals surface area contributed by atoms with E-state index in [1.165, 1.54) is 12.1 Å². The molecule has 0 aromatic heterocycles. The van der Waals surface area contributed by atoms with Crippen molar-refractivity contribution in [3.05, 3.63) is 93.0 Å². The second-order valence-corrected chi connectivity index (χ2v) is 16.4. The van der Waals surface area contributed by atoms with Crippen LogP contribution in [-0.2, 0) is 47.5 Å². The molecule has 0 bridgehead atoms. The molecule has 0 amide bonds. The van der Waals surface area contributed by atoms with E-state index in [0.29, 0.717) is 30.2 Å². The van der Waals surface area contributed by atoms with Crippen LogP contribution in [0.25, 0.3) is 0 Å². The van der Waals surface area contributed by atoms with Gasteiger partial charge in [0.05, 0.1) is 5.56 Å². The molecule has 3 aromatic carbocycles. The van der Waals surface area contributed by atoms with Crippen LogP contribution < -0.4 is 0 Å². The third kappa shape index (κ3) is 8.59. The Balaban J connectivity index is 2.20. The monoisotopic (exact) mass is 611 g/mol. The number of nitrogens with zero attached hydrogens (tertiary/aromatic N) is 1. The summed E-state index contributed by atoms with van der Waals surface area (Å²) >= 11 is 0. The van der Waals surface area contributed by atoms with Gasteiger partial charge in [-0.1, -0.05) is 126 Å². The number of hydrogen-bond acceptors (Lipinski definition) is 3. The highest BCUT2D eigenvalue weighted by Crippen LogP contribution is 2.42. The van der Waals surface area contributed by atoms with E-state index in [0.717, 1.165) is 39.4 Å². The summed E-state index contributed by atoms with van der Waals surface area (Å²) < 4.78 is 40.9. The van der Waals surface area contributed by atoms with Crippen LogP contribution in [0.3, 0.4) is 0 Å². The number of rotatable bonds is 6. The minimum atomic E-state index is -4.43. The molecule has 2 N–H and O–H groups in total. The van der Waals surface area contributed by atoms with Crippen LogP contribution in [0, 0.1) is 0 Å². The van der Waals surface area contributed by atoms with Crippen molar-refractivity contribution in [1.82, 2.24) is 4.90 Å². The minimum Gasteiger partial charge on any atom is -0.507 e. The molecule has 44 heavy (non-hydrogen) atoms. The first kappa shape index (κ1) is 35.5. The summed E-state index contributed by atoms with van der Waals surface area (Å²) in [7, 11) is 0. The summed E-state index contributed by atoms with van der Waals surface area (Å²) in [6.07, 6.45) is -4.43. The Bertz CT molecular complexity index is 1320. The predicted octanol–water partition coefficient (Wildman–Crippen LogP) is 10.5. The zero-order valence-electron chi connectivity index (χ0n) is 28.7. The largest absolute Gasteiger partial charge is 0.507 e. The lowest BCUT2D eigenvalue weighted by Crippen LogP contribution is -2.25. The van der Waals surface area contributed by atoms with E-state index in [4.69, 9.17) is 0 Å². The first-order valence-corrected chi connectivity index (χ1v) is 15.4. The number of phenols is 2. The predicted molar refractivity (Wildman–Crippen MR) is 175 cm³/mol. The van der Waals surface area contributed by atoms with Crippen molar-refractivity contribution in [3.63, 3.8) is 0 Å². The number of alkyl halides is 3. The van der Waals surface area contributed by atoms with Crippen LogP contribution in [0.4, 0.5) is 13.2 Å². The third-order valence-corrected chi connectivity index (χ3v) is 8.04. The lowest BCUT2D eigenvalue weighted by molar-refractivity contribution is -0.137. The van der Waals surface area contributed by atoms with Gasteiger partial charge in [0.1, 0.15) is 11.5 Å². The van der Waals surface area contributed by atoms with Crippen LogP contribution in [0.2, 0.25) is 0 Å². The molecule has 0 atom stereocenters. The summed E-state index contributed by atoms with van der Waals surface area (Å²) in [5.74, 6) is 0.586. The molecule has 3 nitrogen and oxygen atoms in total. The smallest absolute Gasteiger partial charge is 0.416 e. The van der Waals surface area contributed by atoms with E-state index in [1.54, 1.807) is 6.07 Å². The van der Waals surface area contributed by atoms with Gasteiger partial charge in [-0.25, -0.2) is 0 Å². The van der Waals surface area contributed by atoms with Crippen LogP contribution in [0.5, 0.6) is 11.5 Å². The Morgan fingerprint density at radius 3 is 1.11 bits per heavy atom. The standard InChI is InChI=1S/C38H52F3NO2/c1-34(2,3)28-17-25(18-29(32(28)43)35(4,5)6)22-42(21-24-14-13-15-27(16-24)38(39,40)41)23-26-19-30(36(7,8)9)33(44)31(20-26)37(10,11)12/h13-20,43-44H,21-23H2,1-12H3. The Morgan fingerprint density at radius 2 is 0.818 bits per heavy atom. The number of hydrogen-bond donors (Lipinski definition) is 2. The molecule has 0 aliphatic carbocycles. The molecule has 6 heteroatoms.